The van der Waals surface area contributed by atoms with E-state index in [-0.39, 0.29) is 0 Å². The zero-order valence-corrected chi connectivity index (χ0v) is 12.4. The Kier molecular flexibility index (Phi) is 5.87. The van der Waals surface area contributed by atoms with Crippen molar-refractivity contribution >= 4 is 0 Å². The summed E-state index contributed by atoms with van der Waals surface area (Å²) in [5.41, 5.74) is 1.43. The van der Waals surface area contributed by atoms with Crippen molar-refractivity contribution in [1.82, 2.24) is 10.2 Å². The highest BCUT2D eigenvalue weighted by atomic mass is 15.2. The van der Waals surface area contributed by atoms with Crippen LogP contribution in [0.25, 0.3) is 0 Å². The lowest BCUT2D eigenvalue weighted by Gasteiger charge is -2.19. The Balaban J connectivity index is 1.71. The molecule has 2 nitrogen and oxygen atoms in total. The van der Waals surface area contributed by atoms with Crippen molar-refractivity contribution in [3.63, 3.8) is 0 Å². The quantitative estimate of drug-likeness (QED) is 0.809. The van der Waals surface area contributed by atoms with Crippen LogP contribution < -0.4 is 5.32 Å². The fraction of sp³-hybridized carbons (Fsp3) is 0.647. The van der Waals surface area contributed by atoms with Crippen molar-refractivity contribution in [2.45, 2.75) is 45.7 Å². The molecule has 1 saturated heterocycles. The van der Waals surface area contributed by atoms with Gasteiger partial charge in [-0.3, -0.25) is 4.90 Å². The molecule has 1 heterocycles. The Hall–Kier alpha value is -0.860. The fourth-order valence-corrected chi connectivity index (χ4v) is 2.90. The number of benzene rings is 1. The Morgan fingerprint density at radius 3 is 2.63 bits per heavy atom. The zero-order chi connectivity index (χ0) is 13.5. The number of likely N-dealkylation sites (tertiary alicyclic amines) is 1. The van der Waals surface area contributed by atoms with Crippen molar-refractivity contribution < 1.29 is 0 Å². The summed E-state index contributed by atoms with van der Waals surface area (Å²) < 4.78 is 0. The average Bonchev–Trinajstić information content (AvgIpc) is 2.89. The first-order valence-corrected chi connectivity index (χ1v) is 7.81. The maximum atomic E-state index is 3.76. The minimum Gasteiger partial charge on any atom is -0.312 e. The van der Waals surface area contributed by atoms with Gasteiger partial charge in [0.05, 0.1) is 0 Å². The third-order valence-corrected chi connectivity index (χ3v) is 4.37. The van der Waals surface area contributed by atoms with Crippen LogP contribution in [0.15, 0.2) is 30.3 Å². The molecule has 1 N–H and O–H groups in total. The average molecular weight is 260 g/mol. The van der Waals surface area contributed by atoms with E-state index in [1.165, 1.54) is 44.5 Å². The first kappa shape index (κ1) is 14.5. The summed E-state index contributed by atoms with van der Waals surface area (Å²) in [6.45, 7) is 9.32. The molecule has 1 aromatic rings. The van der Waals surface area contributed by atoms with E-state index in [1.54, 1.807) is 0 Å². The van der Waals surface area contributed by atoms with Crippen LogP contribution in [0.4, 0.5) is 0 Å². The van der Waals surface area contributed by atoms with Crippen LogP contribution in [0.3, 0.4) is 0 Å². The van der Waals surface area contributed by atoms with Gasteiger partial charge in [0.1, 0.15) is 0 Å². The van der Waals surface area contributed by atoms with Gasteiger partial charge in [0.15, 0.2) is 0 Å². The molecule has 1 aliphatic rings. The summed E-state index contributed by atoms with van der Waals surface area (Å²) in [5, 5.41) is 3.76. The molecule has 1 fully saturated rings. The normalized spacial score (nSPS) is 20.3. The predicted octanol–water partition coefficient (Wildman–Crippen LogP) is 3.29. The molecule has 0 saturated carbocycles. The highest BCUT2D eigenvalue weighted by Gasteiger charge is 2.22. The second kappa shape index (κ2) is 7.66. The highest BCUT2D eigenvalue weighted by Crippen LogP contribution is 2.14. The van der Waals surface area contributed by atoms with Crippen molar-refractivity contribution in [2.24, 2.45) is 5.92 Å². The topological polar surface area (TPSA) is 15.3 Å². The van der Waals surface area contributed by atoms with Gasteiger partial charge in [0.2, 0.25) is 0 Å². The van der Waals surface area contributed by atoms with Gasteiger partial charge in [-0.2, -0.15) is 0 Å². The van der Waals surface area contributed by atoms with Crippen LogP contribution >= 0.6 is 0 Å². The van der Waals surface area contributed by atoms with Gasteiger partial charge in [-0.1, -0.05) is 57.0 Å². The van der Waals surface area contributed by atoms with Crippen molar-refractivity contribution in [2.75, 3.05) is 19.6 Å². The molecule has 1 unspecified atom stereocenters. The molecule has 1 aromatic carbocycles. The lowest BCUT2D eigenvalue weighted by Crippen LogP contribution is -2.35. The third-order valence-electron chi connectivity index (χ3n) is 4.37. The van der Waals surface area contributed by atoms with Crippen molar-refractivity contribution in [1.29, 1.82) is 0 Å². The summed E-state index contributed by atoms with van der Waals surface area (Å²) in [7, 11) is 0. The van der Waals surface area contributed by atoms with Gasteiger partial charge in [-0.15, -0.1) is 0 Å². The fourth-order valence-electron chi connectivity index (χ4n) is 2.90. The first-order valence-electron chi connectivity index (χ1n) is 7.81. The molecule has 1 atom stereocenters. The number of nitrogens with one attached hydrogen (secondary N) is 1. The Labute approximate surface area is 118 Å². The Bertz CT molecular complexity index is 346. The molecule has 0 aliphatic carbocycles. The minimum atomic E-state index is 0.698. The number of hydrogen-bond donors (Lipinski definition) is 1. The second-order valence-electron chi connectivity index (χ2n) is 5.80. The summed E-state index contributed by atoms with van der Waals surface area (Å²) in [6.07, 6.45) is 3.89. The summed E-state index contributed by atoms with van der Waals surface area (Å²) in [5.74, 6) is 0.850. The molecule has 106 valence electrons. The van der Waals surface area contributed by atoms with E-state index >= 15 is 0 Å². The molecule has 0 amide bonds. The van der Waals surface area contributed by atoms with E-state index in [1.807, 2.05) is 0 Å². The van der Waals surface area contributed by atoms with E-state index in [0.29, 0.717) is 6.04 Å². The summed E-state index contributed by atoms with van der Waals surface area (Å²) in [4.78, 5) is 2.57. The van der Waals surface area contributed by atoms with Gasteiger partial charge < -0.3 is 5.32 Å². The van der Waals surface area contributed by atoms with Crippen LogP contribution in [-0.4, -0.2) is 30.6 Å². The Morgan fingerprint density at radius 1 is 1.21 bits per heavy atom. The van der Waals surface area contributed by atoms with E-state index in [2.05, 4.69) is 54.4 Å². The number of hydrogen-bond acceptors (Lipinski definition) is 2. The molecule has 0 spiro atoms. The number of nitrogens with zero attached hydrogens (tertiary/aromatic N) is 1. The van der Waals surface area contributed by atoms with Gasteiger partial charge in [-0.05, 0) is 24.4 Å². The largest absolute Gasteiger partial charge is 0.312 e. The van der Waals surface area contributed by atoms with Gasteiger partial charge in [0, 0.05) is 25.7 Å². The maximum absolute atomic E-state index is 3.76. The van der Waals surface area contributed by atoms with E-state index in [9.17, 15) is 0 Å². The summed E-state index contributed by atoms with van der Waals surface area (Å²) >= 11 is 0. The monoisotopic (exact) mass is 260 g/mol. The second-order valence-corrected chi connectivity index (χ2v) is 5.80. The molecule has 1 aliphatic heterocycles. The van der Waals surface area contributed by atoms with Crippen LogP contribution in [-0.2, 0) is 6.54 Å². The SMILES string of the molecule is CCC(CC)CNC1CCN(Cc2ccccc2)C1. The Morgan fingerprint density at radius 2 is 1.95 bits per heavy atom. The molecular formula is C17H28N2. The van der Waals surface area contributed by atoms with E-state index < -0.39 is 0 Å². The highest BCUT2D eigenvalue weighted by molar-refractivity contribution is 5.14. The molecule has 0 radical (unpaired) electrons. The van der Waals surface area contributed by atoms with Crippen LogP contribution in [0.5, 0.6) is 0 Å². The van der Waals surface area contributed by atoms with Gasteiger partial charge >= 0.3 is 0 Å². The molecule has 2 heteroatoms. The van der Waals surface area contributed by atoms with Crippen molar-refractivity contribution in [3.05, 3.63) is 35.9 Å². The predicted molar refractivity (Wildman–Crippen MR) is 82.2 cm³/mol. The lowest BCUT2D eigenvalue weighted by atomic mass is 10.0. The first-order chi connectivity index (χ1) is 9.31. The molecule has 0 bridgehead atoms. The summed E-state index contributed by atoms with van der Waals surface area (Å²) in [6, 6.07) is 11.5. The standard InChI is InChI=1S/C17H28N2/c1-3-15(4-2)12-18-17-10-11-19(14-17)13-16-8-6-5-7-9-16/h5-9,15,17-18H,3-4,10-14H2,1-2H3. The zero-order valence-electron chi connectivity index (χ0n) is 12.4. The molecule has 19 heavy (non-hydrogen) atoms. The lowest BCUT2D eigenvalue weighted by molar-refractivity contribution is 0.315. The van der Waals surface area contributed by atoms with Crippen LogP contribution in [0.2, 0.25) is 0 Å². The molecule has 0 aromatic heterocycles. The smallest absolute Gasteiger partial charge is 0.0234 e. The minimum absolute atomic E-state index is 0.698. The van der Waals surface area contributed by atoms with Crippen molar-refractivity contribution in [3.8, 4) is 0 Å². The van der Waals surface area contributed by atoms with E-state index in [4.69, 9.17) is 0 Å². The molecule has 2 rings (SSSR count). The van der Waals surface area contributed by atoms with E-state index in [0.717, 1.165) is 12.5 Å². The maximum Gasteiger partial charge on any atom is 0.0234 e. The third kappa shape index (κ3) is 4.63. The molecular weight excluding hydrogens is 232 g/mol. The van der Waals surface area contributed by atoms with Gasteiger partial charge in [-0.25, -0.2) is 0 Å². The van der Waals surface area contributed by atoms with Gasteiger partial charge in [0.25, 0.3) is 0 Å². The van der Waals surface area contributed by atoms with Crippen LogP contribution in [0, 0.1) is 5.92 Å². The van der Waals surface area contributed by atoms with Crippen LogP contribution in [0.1, 0.15) is 38.7 Å². The number of rotatable bonds is 7.